The Bertz CT molecular complexity index is 1060. The fourth-order valence-electron chi connectivity index (χ4n) is 2.94. The second-order valence-electron chi connectivity index (χ2n) is 6.23. The Balaban J connectivity index is 1.67. The van der Waals surface area contributed by atoms with Gasteiger partial charge in [-0.2, -0.15) is 0 Å². The highest BCUT2D eigenvalue weighted by Gasteiger charge is 2.18. The van der Waals surface area contributed by atoms with E-state index in [1.54, 1.807) is 12.3 Å². The first-order valence-electron chi connectivity index (χ1n) is 8.29. The summed E-state index contributed by atoms with van der Waals surface area (Å²) in [5, 5.41) is 2.80. The lowest BCUT2D eigenvalue weighted by atomic mass is 10.1. The molecule has 2 aromatic heterocycles. The Morgan fingerprint density at radius 3 is 2.54 bits per heavy atom. The van der Waals surface area contributed by atoms with Crippen LogP contribution in [0.3, 0.4) is 0 Å². The van der Waals surface area contributed by atoms with Crippen LogP contribution in [0.1, 0.15) is 21.6 Å². The van der Waals surface area contributed by atoms with Gasteiger partial charge < -0.3 is 14.3 Å². The van der Waals surface area contributed by atoms with Crippen LogP contribution in [0.15, 0.2) is 71.3 Å². The summed E-state index contributed by atoms with van der Waals surface area (Å²) in [5.74, 6) is -0.613. The van der Waals surface area contributed by atoms with Crippen molar-refractivity contribution in [3.05, 3.63) is 89.6 Å². The van der Waals surface area contributed by atoms with Crippen LogP contribution in [0.5, 0.6) is 0 Å². The number of carbonyl (C=O) groups excluding carboxylic acids is 1. The SMILES string of the molecule is Cc1ccc(Cn2c(C(=O)Nc3ccc(F)cc3)cc3occc32)cc1. The maximum Gasteiger partial charge on any atom is 0.272 e. The molecular weight excluding hydrogens is 331 g/mol. The van der Waals surface area contributed by atoms with E-state index in [1.807, 2.05) is 41.8 Å². The lowest BCUT2D eigenvalue weighted by Crippen LogP contribution is -2.17. The van der Waals surface area contributed by atoms with Crippen LogP contribution in [-0.2, 0) is 6.54 Å². The van der Waals surface area contributed by atoms with Gasteiger partial charge in [-0.3, -0.25) is 4.79 Å². The molecule has 4 nitrogen and oxygen atoms in total. The zero-order valence-electron chi connectivity index (χ0n) is 14.2. The number of amides is 1. The zero-order chi connectivity index (χ0) is 18.1. The Morgan fingerprint density at radius 2 is 1.81 bits per heavy atom. The Morgan fingerprint density at radius 1 is 1.08 bits per heavy atom. The van der Waals surface area contributed by atoms with Crippen molar-refractivity contribution in [3.63, 3.8) is 0 Å². The predicted octanol–water partition coefficient (Wildman–Crippen LogP) is 4.98. The number of furan rings is 1. The number of nitrogens with zero attached hydrogens (tertiary/aromatic N) is 1. The van der Waals surface area contributed by atoms with Crippen molar-refractivity contribution in [2.24, 2.45) is 0 Å². The standard InChI is InChI=1S/C21H17FN2O2/c1-14-2-4-15(5-3-14)13-24-18-10-11-26-20(18)12-19(24)21(25)23-17-8-6-16(22)7-9-17/h2-12H,13H2,1H3,(H,23,25). The van der Waals surface area contributed by atoms with E-state index >= 15 is 0 Å². The van der Waals surface area contributed by atoms with Crippen LogP contribution in [-0.4, -0.2) is 10.5 Å². The van der Waals surface area contributed by atoms with Crippen LogP contribution in [0, 0.1) is 12.7 Å². The maximum absolute atomic E-state index is 13.1. The van der Waals surface area contributed by atoms with Crippen molar-refractivity contribution in [1.29, 1.82) is 0 Å². The number of carbonyl (C=O) groups is 1. The summed E-state index contributed by atoms with van der Waals surface area (Å²) in [5.41, 5.74) is 4.81. The van der Waals surface area contributed by atoms with E-state index in [4.69, 9.17) is 4.42 Å². The van der Waals surface area contributed by atoms with Gasteiger partial charge in [-0.25, -0.2) is 4.39 Å². The average molecular weight is 348 g/mol. The number of hydrogen-bond donors (Lipinski definition) is 1. The van der Waals surface area contributed by atoms with E-state index in [9.17, 15) is 9.18 Å². The number of benzene rings is 2. The third kappa shape index (κ3) is 3.11. The van der Waals surface area contributed by atoms with E-state index < -0.39 is 0 Å². The molecule has 4 aromatic rings. The summed E-state index contributed by atoms with van der Waals surface area (Å²) in [6.07, 6.45) is 1.61. The van der Waals surface area contributed by atoms with Gasteiger partial charge in [-0.15, -0.1) is 0 Å². The van der Waals surface area contributed by atoms with Crippen molar-refractivity contribution >= 4 is 22.7 Å². The third-order valence-electron chi connectivity index (χ3n) is 4.32. The molecule has 0 saturated carbocycles. The van der Waals surface area contributed by atoms with E-state index in [0.717, 1.165) is 11.1 Å². The molecule has 0 aliphatic carbocycles. The number of aromatic nitrogens is 1. The fourth-order valence-corrected chi connectivity index (χ4v) is 2.94. The van der Waals surface area contributed by atoms with Crippen molar-refractivity contribution in [2.75, 3.05) is 5.32 Å². The molecule has 130 valence electrons. The number of anilines is 1. The number of fused-ring (bicyclic) bond motifs is 1. The molecule has 2 aromatic carbocycles. The van der Waals surface area contributed by atoms with Gasteiger partial charge in [0.05, 0.1) is 11.8 Å². The minimum Gasteiger partial charge on any atom is -0.463 e. The molecule has 1 N–H and O–H groups in total. The van der Waals surface area contributed by atoms with Gasteiger partial charge in [0, 0.05) is 24.4 Å². The van der Waals surface area contributed by atoms with E-state index in [2.05, 4.69) is 5.32 Å². The molecule has 0 fully saturated rings. The van der Waals surface area contributed by atoms with Gasteiger partial charge in [0.1, 0.15) is 11.5 Å². The molecule has 4 rings (SSSR count). The van der Waals surface area contributed by atoms with Gasteiger partial charge in [-0.1, -0.05) is 29.8 Å². The van der Waals surface area contributed by atoms with Crippen LogP contribution < -0.4 is 5.32 Å². The predicted molar refractivity (Wildman–Crippen MR) is 98.8 cm³/mol. The van der Waals surface area contributed by atoms with Gasteiger partial charge in [0.2, 0.25) is 0 Å². The van der Waals surface area contributed by atoms with Crippen LogP contribution in [0.2, 0.25) is 0 Å². The van der Waals surface area contributed by atoms with Crippen LogP contribution >= 0.6 is 0 Å². The third-order valence-corrected chi connectivity index (χ3v) is 4.32. The summed E-state index contributed by atoms with van der Waals surface area (Å²) in [4.78, 5) is 12.8. The average Bonchev–Trinajstić information content (AvgIpc) is 3.21. The molecule has 0 saturated heterocycles. The van der Waals surface area contributed by atoms with E-state index in [-0.39, 0.29) is 11.7 Å². The smallest absolute Gasteiger partial charge is 0.272 e. The number of hydrogen-bond acceptors (Lipinski definition) is 2. The lowest BCUT2D eigenvalue weighted by molar-refractivity contribution is 0.101. The minimum absolute atomic E-state index is 0.268. The number of nitrogens with one attached hydrogen (secondary N) is 1. The van der Waals surface area contributed by atoms with Gasteiger partial charge in [0.25, 0.3) is 5.91 Å². The molecule has 2 heterocycles. The molecule has 0 aliphatic rings. The highest BCUT2D eigenvalue weighted by atomic mass is 19.1. The highest BCUT2D eigenvalue weighted by Crippen LogP contribution is 2.23. The largest absolute Gasteiger partial charge is 0.463 e. The molecule has 1 amide bonds. The quantitative estimate of drug-likeness (QED) is 0.565. The topological polar surface area (TPSA) is 47.2 Å². The molecular formula is C21H17FN2O2. The normalized spacial score (nSPS) is 11.0. The first kappa shape index (κ1) is 16.1. The Labute approximate surface area is 149 Å². The molecule has 0 bridgehead atoms. The highest BCUT2D eigenvalue weighted by molar-refractivity contribution is 6.05. The van der Waals surface area contributed by atoms with Gasteiger partial charge in [-0.05, 0) is 36.8 Å². The van der Waals surface area contributed by atoms with Crippen molar-refractivity contribution in [2.45, 2.75) is 13.5 Å². The summed E-state index contributed by atoms with van der Waals surface area (Å²) < 4.78 is 20.4. The first-order valence-corrected chi connectivity index (χ1v) is 8.29. The summed E-state index contributed by atoms with van der Waals surface area (Å²) >= 11 is 0. The monoisotopic (exact) mass is 348 g/mol. The summed E-state index contributed by atoms with van der Waals surface area (Å²) in [7, 11) is 0. The van der Waals surface area contributed by atoms with Gasteiger partial charge >= 0.3 is 0 Å². The van der Waals surface area contributed by atoms with Crippen LogP contribution in [0.25, 0.3) is 11.1 Å². The van der Waals surface area contributed by atoms with E-state index in [0.29, 0.717) is 23.5 Å². The van der Waals surface area contributed by atoms with Crippen molar-refractivity contribution < 1.29 is 13.6 Å². The van der Waals surface area contributed by atoms with Crippen molar-refractivity contribution in [1.82, 2.24) is 4.57 Å². The molecule has 0 aliphatic heterocycles. The second-order valence-corrected chi connectivity index (χ2v) is 6.23. The Hall–Kier alpha value is -3.34. The van der Waals surface area contributed by atoms with E-state index in [1.165, 1.54) is 29.8 Å². The Kier molecular flexibility index (Phi) is 4.05. The number of aryl methyl sites for hydroxylation is 1. The molecule has 0 spiro atoms. The second kappa shape index (κ2) is 6.52. The molecule has 26 heavy (non-hydrogen) atoms. The molecule has 0 radical (unpaired) electrons. The van der Waals surface area contributed by atoms with Crippen molar-refractivity contribution in [3.8, 4) is 0 Å². The zero-order valence-corrected chi connectivity index (χ0v) is 14.2. The summed E-state index contributed by atoms with van der Waals surface area (Å²) in [6, 6.07) is 17.4. The lowest BCUT2D eigenvalue weighted by Gasteiger charge is -2.11. The molecule has 5 heteroatoms. The fraction of sp³-hybridized carbons (Fsp3) is 0.0952. The first-order chi connectivity index (χ1) is 12.6. The molecule has 0 unspecified atom stereocenters. The minimum atomic E-state index is -0.344. The summed E-state index contributed by atoms with van der Waals surface area (Å²) in [6.45, 7) is 2.59. The van der Waals surface area contributed by atoms with Crippen LogP contribution in [0.4, 0.5) is 10.1 Å². The number of rotatable bonds is 4. The maximum atomic E-state index is 13.1. The number of halogens is 1. The van der Waals surface area contributed by atoms with Gasteiger partial charge in [0.15, 0.2) is 5.58 Å². The molecule has 0 atom stereocenters.